The number of hydrogen-bond acceptors (Lipinski definition) is 2. The Balaban J connectivity index is 2.55. The first-order valence-electron chi connectivity index (χ1n) is 4.83. The summed E-state index contributed by atoms with van der Waals surface area (Å²) >= 11 is 0. The zero-order chi connectivity index (χ0) is 10.1. The van der Waals surface area contributed by atoms with Crippen LogP contribution in [-0.2, 0) is 0 Å². The van der Waals surface area contributed by atoms with Crippen molar-refractivity contribution in [2.24, 2.45) is 0 Å². The molecule has 0 amide bonds. The molecule has 0 bridgehead atoms. The Labute approximate surface area is 81.7 Å². The summed E-state index contributed by atoms with van der Waals surface area (Å²) in [5.74, 6) is 0.112. The number of rotatable bonds is 2. The van der Waals surface area contributed by atoms with Crippen molar-refractivity contribution in [3.63, 3.8) is 0 Å². The highest BCUT2D eigenvalue weighted by Gasteiger charge is 2.06. The van der Waals surface area contributed by atoms with Crippen LogP contribution in [0.25, 0.3) is 11.1 Å². The number of nitrogens with one attached hydrogen (secondary N) is 1. The summed E-state index contributed by atoms with van der Waals surface area (Å²) in [4.78, 5) is 13.5. The molecule has 0 aliphatic carbocycles. The summed E-state index contributed by atoms with van der Waals surface area (Å²) < 4.78 is 4.99. The molecule has 3 heteroatoms. The molecule has 1 aromatic heterocycles. The van der Waals surface area contributed by atoms with Crippen LogP contribution in [0.3, 0.4) is 0 Å². The van der Waals surface area contributed by atoms with Gasteiger partial charge in [0.05, 0.1) is 5.52 Å². The number of H-pyrrole nitrogens is 1. The highest BCUT2D eigenvalue weighted by molar-refractivity contribution is 5.72. The SMILES string of the molecule is CCC(C)c1ccc2[nH]c(=O)oc2c1. The molecule has 2 aromatic rings. The fourth-order valence-electron chi connectivity index (χ4n) is 1.50. The van der Waals surface area contributed by atoms with E-state index >= 15 is 0 Å². The first-order chi connectivity index (χ1) is 6.70. The Morgan fingerprint density at radius 3 is 3.00 bits per heavy atom. The molecule has 1 N–H and O–H groups in total. The summed E-state index contributed by atoms with van der Waals surface area (Å²) in [5.41, 5.74) is 2.62. The molecule has 14 heavy (non-hydrogen) atoms. The van der Waals surface area contributed by atoms with E-state index in [4.69, 9.17) is 4.42 Å². The molecule has 74 valence electrons. The quantitative estimate of drug-likeness (QED) is 0.793. The third-order valence-electron chi connectivity index (χ3n) is 2.63. The molecule has 0 aliphatic rings. The Kier molecular flexibility index (Phi) is 2.15. The second kappa shape index (κ2) is 3.33. The van der Waals surface area contributed by atoms with Crippen molar-refractivity contribution in [3.8, 4) is 0 Å². The maximum absolute atomic E-state index is 10.9. The normalized spacial score (nSPS) is 13.3. The summed E-state index contributed by atoms with van der Waals surface area (Å²) in [7, 11) is 0. The molecule has 0 fully saturated rings. The van der Waals surface area contributed by atoms with Crippen molar-refractivity contribution in [1.82, 2.24) is 4.98 Å². The number of aromatic amines is 1. The summed E-state index contributed by atoms with van der Waals surface area (Å²) in [6.45, 7) is 4.30. The lowest BCUT2D eigenvalue weighted by Gasteiger charge is -2.07. The Hall–Kier alpha value is -1.51. The number of benzene rings is 1. The lowest BCUT2D eigenvalue weighted by molar-refractivity contribution is 0.554. The van der Waals surface area contributed by atoms with Crippen LogP contribution in [0.15, 0.2) is 27.4 Å². The first kappa shape index (κ1) is 9.06. The van der Waals surface area contributed by atoms with Gasteiger partial charge < -0.3 is 4.42 Å². The molecule has 0 spiro atoms. The van der Waals surface area contributed by atoms with E-state index in [2.05, 4.69) is 18.8 Å². The maximum Gasteiger partial charge on any atom is 0.417 e. The number of fused-ring (bicyclic) bond motifs is 1. The molecule has 2 rings (SSSR count). The minimum absolute atomic E-state index is 0.388. The number of aromatic nitrogens is 1. The second-order valence-electron chi connectivity index (χ2n) is 3.58. The third kappa shape index (κ3) is 1.45. The zero-order valence-corrected chi connectivity index (χ0v) is 8.33. The fourth-order valence-corrected chi connectivity index (χ4v) is 1.50. The van der Waals surface area contributed by atoms with Crippen molar-refractivity contribution < 1.29 is 4.42 Å². The van der Waals surface area contributed by atoms with Gasteiger partial charge in [0, 0.05) is 0 Å². The molecule has 0 aliphatic heterocycles. The zero-order valence-electron chi connectivity index (χ0n) is 8.33. The van der Waals surface area contributed by atoms with Gasteiger partial charge in [-0.05, 0) is 30.0 Å². The highest BCUT2D eigenvalue weighted by atomic mass is 16.4. The van der Waals surface area contributed by atoms with E-state index < -0.39 is 0 Å². The van der Waals surface area contributed by atoms with Crippen LogP contribution in [0, 0.1) is 0 Å². The summed E-state index contributed by atoms with van der Waals surface area (Å²) in [5, 5.41) is 0. The lowest BCUT2D eigenvalue weighted by Crippen LogP contribution is -1.92. The third-order valence-corrected chi connectivity index (χ3v) is 2.63. The average Bonchev–Trinajstić information content (AvgIpc) is 2.55. The molecule has 3 nitrogen and oxygen atoms in total. The Morgan fingerprint density at radius 2 is 2.29 bits per heavy atom. The minimum Gasteiger partial charge on any atom is -0.408 e. The van der Waals surface area contributed by atoms with E-state index in [1.54, 1.807) is 0 Å². The van der Waals surface area contributed by atoms with Crippen molar-refractivity contribution in [1.29, 1.82) is 0 Å². The van der Waals surface area contributed by atoms with Gasteiger partial charge in [-0.15, -0.1) is 0 Å². The Bertz CT molecular complexity index is 495. The molecule has 0 saturated carbocycles. The van der Waals surface area contributed by atoms with Crippen LogP contribution < -0.4 is 5.76 Å². The van der Waals surface area contributed by atoms with E-state index in [9.17, 15) is 4.79 Å². The molecule has 0 saturated heterocycles. The lowest BCUT2D eigenvalue weighted by atomic mass is 9.99. The van der Waals surface area contributed by atoms with Crippen molar-refractivity contribution >= 4 is 11.1 Å². The van der Waals surface area contributed by atoms with Crippen LogP contribution in [0.4, 0.5) is 0 Å². The fraction of sp³-hybridized carbons (Fsp3) is 0.364. The van der Waals surface area contributed by atoms with Gasteiger partial charge in [-0.25, -0.2) is 4.79 Å². The van der Waals surface area contributed by atoms with Gasteiger partial charge in [0.25, 0.3) is 0 Å². The molecular weight excluding hydrogens is 178 g/mol. The summed E-state index contributed by atoms with van der Waals surface area (Å²) in [6.07, 6.45) is 1.08. The topological polar surface area (TPSA) is 46.0 Å². The van der Waals surface area contributed by atoms with Gasteiger partial charge in [-0.2, -0.15) is 0 Å². The van der Waals surface area contributed by atoms with Crippen LogP contribution >= 0.6 is 0 Å². The number of hydrogen-bond donors (Lipinski definition) is 1. The van der Waals surface area contributed by atoms with Crippen molar-refractivity contribution in [3.05, 3.63) is 34.3 Å². The van der Waals surface area contributed by atoms with Crippen LogP contribution in [-0.4, -0.2) is 4.98 Å². The predicted octanol–water partition coefficient (Wildman–Crippen LogP) is 2.63. The van der Waals surface area contributed by atoms with E-state index in [-0.39, 0.29) is 5.76 Å². The molecule has 1 aromatic carbocycles. The monoisotopic (exact) mass is 191 g/mol. The van der Waals surface area contributed by atoms with Gasteiger partial charge in [0.1, 0.15) is 0 Å². The van der Waals surface area contributed by atoms with Gasteiger partial charge in [-0.1, -0.05) is 19.9 Å². The molecule has 1 heterocycles. The minimum atomic E-state index is -0.388. The molecule has 0 radical (unpaired) electrons. The van der Waals surface area contributed by atoms with Crippen molar-refractivity contribution in [2.75, 3.05) is 0 Å². The molecular formula is C11H13NO2. The van der Waals surface area contributed by atoms with E-state index in [1.807, 2.05) is 18.2 Å². The standard InChI is InChI=1S/C11H13NO2/c1-3-7(2)8-4-5-9-10(6-8)14-11(13)12-9/h4-7H,3H2,1-2H3,(H,12,13). The highest BCUT2D eigenvalue weighted by Crippen LogP contribution is 2.21. The summed E-state index contributed by atoms with van der Waals surface area (Å²) in [6, 6.07) is 5.85. The van der Waals surface area contributed by atoms with E-state index in [0.717, 1.165) is 11.9 Å². The van der Waals surface area contributed by atoms with Gasteiger partial charge in [0.2, 0.25) is 0 Å². The molecule has 1 unspecified atom stereocenters. The van der Waals surface area contributed by atoms with Gasteiger partial charge in [0.15, 0.2) is 5.58 Å². The molecule has 1 atom stereocenters. The number of oxazole rings is 1. The van der Waals surface area contributed by atoms with E-state index in [0.29, 0.717) is 11.5 Å². The maximum atomic E-state index is 10.9. The van der Waals surface area contributed by atoms with Crippen LogP contribution in [0.1, 0.15) is 31.7 Å². The predicted molar refractivity (Wildman–Crippen MR) is 55.5 cm³/mol. The largest absolute Gasteiger partial charge is 0.417 e. The van der Waals surface area contributed by atoms with Gasteiger partial charge in [-0.3, -0.25) is 4.98 Å². The first-order valence-corrected chi connectivity index (χ1v) is 4.83. The van der Waals surface area contributed by atoms with E-state index in [1.165, 1.54) is 5.56 Å². The Morgan fingerprint density at radius 1 is 1.50 bits per heavy atom. The van der Waals surface area contributed by atoms with Crippen LogP contribution in [0.5, 0.6) is 0 Å². The van der Waals surface area contributed by atoms with Crippen LogP contribution in [0.2, 0.25) is 0 Å². The van der Waals surface area contributed by atoms with Crippen molar-refractivity contribution in [2.45, 2.75) is 26.2 Å². The smallest absolute Gasteiger partial charge is 0.408 e. The van der Waals surface area contributed by atoms with Gasteiger partial charge >= 0.3 is 5.76 Å². The average molecular weight is 191 g/mol. The second-order valence-corrected chi connectivity index (χ2v) is 3.58.